The Bertz CT molecular complexity index is 1080. The van der Waals surface area contributed by atoms with Gasteiger partial charge in [-0.05, 0) is 49.3 Å². The van der Waals surface area contributed by atoms with Crippen molar-refractivity contribution in [1.82, 2.24) is 19.7 Å². The van der Waals surface area contributed by atoms with Gasteiger partial charge in [0.2, 0.25) is 0 Å². The molecule has 0 amide bonds. The molecule has 1 aliphatic rings. The number of hydrogen-bond donors (Lipinski definition) is 1. The molecule has 3 aromatic rings. The van der Waals surface area contributed by atoms with Gasteiger partial charge in [0.05, 0.1) is 12.2 Å². The number of fused-ring (bicyclic) bond motifs is 1. The molecule has 4 rings (SSSR count). The molecule has 2 heterocycles. The van der Waals surface area contributed by atoms with Crippen LogP contribution < -0.4 is 5.56 Å². The maximum Gasteiger partial charge on any atom is 0.262 e. The molecule has 1 aromatic carbocycles. The van der Waals surface area contributed by atoms with Gasteiger partial charge in [0.25, 0.3) is 5.56 Å². The second-order valence-corrected chi connectivity index (χ2v) is 9.10. The van der Waals surface area contributed by atoms with E-state index in [1.807, 2.05) is 11.6 Å². The Labute approximate surface area is 194 Å². The van der Waals surface area contributed by atoms with Gasteiger partial charge >= 0.3 is 0 Å². The number of H-pyrrole nitrogens is 1. The Balaban J connectivity index is 0.000000257. The van der Waals surface area contributed by atoms with Crippen molar-refractivity contribution in [2.75, 3.05) is 0 Å². The van der Waals surface area contributed by atoms with Crippen molar-refractivity contribution in [3.8, 4) is 0 Å². The third-order valence-electron chi connectivity index (χ3n) is 6.85. The summed E-state index contributed by atoms with van der Waals surface area (Å²) in [5.41, 5.74) is 1.42. The predicted molar refractivity (Wildman–Crippen MR) is 128 cm³/mol. The Hall–Kier alpha value is -2.57. The molecule has 2 aromatic heterocycles. The fourth-order valence-electron chi connectivity index (χ4n) is 4.69. The van der Waals surface area contributed by atoms with Gasteiger partial charge in [-0.1, -0.05) is 53.4 Å². The summed E-state index contributed by atoms with van der Waals surface area (Å²) in [5.74, 6) is 0.629. The van der Waals surface area contributed by atoms with Crippen LogP contribution in [0.4, 0.5) is 8.78 Å². The summed E-state index contributed by atoms with van der Waals surface area (Å²) in [6.45, 7) is 8.45. The lowest BCUT2D eigenvalue weighted by atomic mass is 9.89. The fourth-order valence-corrected chi connectivity index (χ4v) is 4.69. The quantitative estimate of drug-likeness (QED) is 0.447. The SMILES string of the molecule is CCC(C)[C@@H](CC)c1nc2c(cnn2C2CCCCC2)c(=O)[nH]1.CCc1cc(F)cc(F)c1. The lowest BCUT2D eigenvalue weighted by molar-refractivity contribution is 0.335. The zero-order valence-electron chi connectivity index (χ0n) is 20.2. The van der Waals surface area contributed by atoms with Crippen LogP contribution in [0.15, 0.2) is 29.2 Å². The van der Waals surface area contributed by atoms with Crippen molar-refractivity contribution in [3.63, 3.8) is 0 Å². The first-order valence-corrected chi connectivity index (χ1v) is 12.3. The molecule has 0 radical (unpaired) electrons. The van der Waals surface area contributed by atoms with Crippen LogP contribution in [0.1, 0.15) is 96.0 Å². The molecule has 1 aliphatic carbocycles. The standard InChI is InChI=1S/C18H28N4O.C8H8F2/c1-4-12(3)14(5-2)16-20-17-15(18(23)21-16)11-19-22(17)13-9-7-6-8-10-13;1-2-6-3-7(9)5-8(10)4-6/h11-14H,4-10H2,1-3H3,(H,20,21,23);3-5H,2H2,1H3/t12?,14-;/m1./s1. The average Bonchev–Trinajstić information content (AvgIpc) is 3.24. The van der Waals surface area contributed by atoms with Crippen molar-refractivity contribution in [1.29, 1.82) is 0 Å². The zero-order valence-corrected chi connectivity index (χ0v) is 20.2. The lowest BCUT2D eigenvalue weighted by Crippen LogP contribution is -2.20. The first kappa shape index (κ1) is 25.1. The number of rotatable bonds is 6. The second kappa shape index (κ2) is 11.5. The molecular weight excluding hydrogens is 422 g/mol. The van der Waals surface area contributed by atoms with E-state index >= 15 is 0 Å². The van der Waals surface area contributed by atoms with Gasteiger partial charge in [0.15, 0.2) is 5.65 Å². The zero-order chi connectivity index (χ0) is 24.0. The molecule has 1 N–H and O–H groups in total. The van der Waals surface area contributed by atoms with E-state index in [9.17, 15) is 13.6 Å². The maximum absolute atomic E-state index is 12.5. The number of aryl methyl sites for hydroxylation is 1. The Morgan fingerprint density at radius 1 is 1.06 bits per heavy atom. The number of aromatic nitrogens is 4. The van der Waals surface area contributed by atoms with Gasteiger partial charge in [-0.15, -0.1) is 0 Å². The predicted octanol–water partition coefficient (Wildman–Crippen LogP) is 6.69. The van der Waals surface area contributed by atoms with E-state index < -0.39 is 11.6 Å². The molecule has 0 aliphatic heterocycles. The first-order chi connectivity index (χ1) is 15.9. The van der Waals surface area contributed by atoms with E-state index in [0.717, 1.165) is 43.2 Å². The van der Waals surface area contributed by atoms with Crippen LogP contribution in [0.5, 0.6) is 0 Å². The molecule has 5 nitrogen and oxygen atoms in total. The third-order valence-corrected chi connectivity index (χ3v) is 6.85. The highest BCUT2D eigenvalue weighted by atomic mass is 19.1. The van der Waals surface area contributed by atoms with Crippen molar-refractivity contribution >= 4 is 11.0 Å². The molecule has 1 fully saturated rings. The molecule has 1 unspecified atom stereocenters. The van der Waals surface area contributed by atoms with Gasteiger partial charge in [-0.3, -0.25) is 4.79 Å². The third kappa shape index (κ3) is 6.06. The second-order valence-electron chi connectivity index (χ2n) is 9.10. The van der Waals surface area contributed by atoms with Crippen LogP contribution >= 0.6 is 0 Å². The molecule has 180 valence electrons. The number of benzene rings is 1. The maximum atomic E-state index is 12.5. The number of halogens is 2. The number of nitrogens with zero attached hydrogens (tertiary/aromatic N) is 3. The minimum atomic E-state index is -0.503. The van der Waals surface area contributed by atoms with Crippen molar-refractivity contribution in [2.45, 2.75) is 91.0 Å². The van der Waals surface area contributed by atoms with Crippen LogP contribution in [0.25, 0.3) is 11.0 Å². The van der Waals surface area contributed by atoms with Gasteiger partial charge in [0.1, 0.15) is 22.8 Å². The molecule has 0 bridgehead atoms. The lowest BCUT2D eigenvalue weighted by Gasteiger charge is -2.23. The van der Waals surface area contributed by atoms with Crippen LogP contribution in [-0.2, 0) is 6.42 Å². The molecule has 1 saturated carbocycles. The minimum Gasteiger partial charge on any atom is -0.310 e. The summed E-state index contributed by atoms with van der Waals surface area (Å²) in [6.07, 6.45) is 10.5. The number of nitrogens with one attached hydrogen (secondary N) is 1. The smallest absolute Gasteiger partial charge is 0.262 e. The Kier molecular flexibility index (Phi) is 8.75. The Morgan fingerprint density at radius 3 is 2.30 bits per heavy atom. The monoisotopic (exact) mass is 458 g/mol. The van der Waals surface area contributed by atoms with Crippen molar-refractivity contribution < 1.29 is 8.78 Å². The van der Waals surface area contributed by atoms with Crippen molar-refractivity contribution in [2.24, 2.45) is 5.92 Å². The van der Waals surface area contributed by atoms with E-state index in [-0.39, 0.29) is 5.56 Å². The summed E-state index contributed by atoms with van der Waals surface area (Å²) in [7, 11) is 0. The molecule has 0 saturated heterocycles. The molecule has 2 atom stereocenters. The van der Waals surface area contributed by atoms with Crippen LogP contribution in [0.2, 0.25) is 0 Å². The highest BCUT2D eigenvalue weighted by Crippen LogP contribution is 2.31. The summed E-state index contributed by atoms with van der Waals surface area (Å²) in [5, 5.41) is 5.13. The number of aromatic amines is 1. The van der Waals surface area contributed by atoms with E-state index in [0.29, 0.717) is 35.2 Å². The van der Waals surface area contributed by atoms with Gasteiger partial charge in [0, 0.05) is 12.0 Å². The summed E-state index contributed by atoms with van der Waals surface area (Å²) >= 11 is 0. The molecular formula is C26H36F2N4O. The van der Waals surface area contributed by atoms with Gasteiger partial charge in [-0.2, -0.15) is 5.10 Å². The van der Waals surface area contributed by atoms with Crippen LogP contribution in [0.3, 0.4) is 0 Å². The topological polar surface area (TPSA) is 63.6 Å². The van der Waals surface area contributed by atoms with Crippen molar-refractivity contribution in [3.05, 3.63) is 57.8 Å². The van der Waals surface area contributed by atoms with Gasteiger partial charge < -0.3 is 4.98 Å². The van der Waals surface area contributed by atoms with E-state index in [1.165, 1.54) is 31.4 Å². The highest BCUT2D eigenvalue weighted by Gasteiger charge is 2.23. The van der Waals surface area contributed by atoms with E-state index in [4.69, 9.17) is 4.98 Å². The summed E-state index contributed by atoms with van der Waals surface area (Å²) in [6, 6.07) is 3.94. The van der Waals surface area contributed by atoms with Gasteiger partial charge in [-0.25, -0.2) is 18.4 Å². The summed E-state index contributed by atoms with van der Waals surface area (Å²) < 4.78 is 26.8. The molecule has 33 heavy (non-hydrogen) atoms. The largest absolute Gasteiger partial charge is 0.310 e. The molecule has 0 spiro atoms. The molecule has 7 heteroatoms. The highest BCUT2D eigenvalue weighted by molar-refractivity contribution is 5.73. The summed E-state index contributed by atoms with van der Waals surface area (Å²) in [4.78, 5) is 20.3. The van der Waals surface area contributed by atoms with E-state index in [2.05, 4.69) is 30.9 Å². The van der Waals surface area contributed by atoms with Crippen LogP contribution in [-0.4, -0.2) is 19.7 Å². The Morgan fingerprint density at radius 2 is 1.73 bits per heavy atom. The minimum absolute atomic E-state index is 0.0474. The van der Waals surface area contributed by atoms with Crippen LogP contribution in [0, 0.1) is 17.6 Å². The number of hydrogen-bond acceptors (Lipinski definition) is 3. The van der Waals surface area contributed by atoms with E-state index in [1.54, 1.807) is 6.20 Å². The normalized spacial score (nSPS) is 16.3. The fraction of sp³-hybridized carbons (Fsp3) is 0.577. The average molecular weight is 459 g/mol. The first-order valence-electron chi connectivity index (χ1n) is 12.3.